The van der Waals surface area contributed by atoms with Crippen LogP contribution in [0.5, 0.6) is 0 Å². The van der Waals surface area contributed by atoms with E-state index in [1.165, 1.54) is 9.13 Å². The second kappa shape index (κ2) is 11.1. The third-order valence-corrected chi connectivity index (χ3v) is 7.09. The van der Waals surface area contributed by atoms with E-state index >= 15 is 0 Å². The van der Waals surface area contributed by atoms with E-state index in [9.17, 15) is 9.59 Å². The molecule has 0 atom stereocenters. The Morgan fingerprint density at radius 2 is 1.61 bits per heavy atom. The van der Waals surface area contributed by atoms with Gasteiger partial charge in [-0.25, -0.2) is 19.4 Å². The summed E-state index contributed by atoms with van der Waals surface area (Å²) >= 11 is 0. The third kappa shape index (κ3) is 4.76. The van der Waals surface area contributed by atoms with E-state index in [1.54, 1.807) is 7.11 Å². The Hall–Kier alpha value is -5.16. The van der Waals surface area contributed by atoms with Crippen LogP contribution in [0.3, 0.4) is 0 Å². The number of hydrogen-bond acceptors (Lipinski definition) is 7. The Balaban J connectivity index is 1.46. The number of tetrazole rings is 1. The van der Waals surface area contributed by atoms with Crippen LogP contribution in [0.2, 0.25) is 0 Å². The van der Waals surface area contributed by atoms with Gasteiger partial charge in [-0.2, -0.15) is 0 Å². The van der Waals surface area contributed by atoms with E-state index in [4.69, 9.17) is 9.72 Å². The van der Waals surface area contributed by atoms with Crippen LogP contribution in [0.4, 0.5) is 0 Å². The zero-order valence-electron chi connectivity index (χ0n) is 22.7. The molecule has 0 fully saturated rings. The molecule has 0 aliphatic carbocycles. The summed E-state index contributed by atoms with van der Waals surface area (Å²) < 4.78 is 9.87. The van der Waals surface area contributed by atoms with E-state index in [0.29, 0.717) is 35.6 Å². The predicted molar refractivity (Wildman–Crippen MR) is 155 cm³/mol. The number of aromatic nitrogens is 8. The van der Waals surface area contributed by atoms with Gasteiger partial charge in [0, 0.05) is 25.6 Å². The summed E-state index contributed by atoms with van der Waals surface area (Å²) in [6, 6.07) is 25.3. The molecule has 11 heteroatoms. The molecule has 3 aromatic carbocycles. The monoisotopic (exact) mass is 548 g/mol. The highest BCUT2D eigenvalue weighted by atomic mass is 16.5. The normalized spacial score (nSPS) is 11.4. The molecule has 6 rings (SSSR count). The molecule has 11 nitrogen and oxygen atoms in total. The van der Waals surface area contributed by atoms with E-state index < -0.39 is 5.69 Å². The molecule has 206 valence electrons. The van der Waals surface area contributed by atoms with Crippen LogP contribution in [-0.4, -0.2) is 53.0 Å². The number of rotatable bonds is 9. The Bertz CT molecular complexity index is 1920. The number of methoxy groups -OCH3 is 1. The number of nitrogens with one attached hydrogen (secondary N) is 1. The van der Waals surface area contributed by atoms with Gasteiger partial charge in [0.25, 0.3) is 5.56 Å². The summed E-state index contributed by atoms with van der Waals surface area (Å²) in [6.45, 7) is 2.78. The first-order valence-corrected chi connectivity index (χ1v) is 13.3. The quantitative estimate of drug-likeness (QED) is 0.293. The van der Waals surface area contributed by atoms with Gasteiger partial charge >= 0.3 is 5.69 Å². The smallest absolute Gasteiger partial charge is 0.337 e. The van der Waals surface area contributed by atoms with E-state index in [0.717, 1.165) is 28.1 Å². The van der Waals surface area contributed by atoms with Crippen molar-refractivity contribution in [2.75, 3.05) is 13.7 Å². The van der Waals surface area contributed by atoms with Crippen molar-refractivity contribution in [3.8, 4) is 28.2 Å². The standard InChI is InChI=1S/C30H28N8O3/c1-3-25-31-28-26(29(39)36(17-18-41-2)30(40)38(28)22-9-5-4-6-10-22)37(25)19-20-13-15-21(16-14-20)23-11-7-8-12-24(23)27-32-34-35-33-27/h4-16H,3,17-19H2,1-2H3,(H,32,33,34,35). The third-order valence-electron chi connectivity index (χ3n) is 7.09. The van der Waals surface area contributed by atoms with Crippen molar-refractivity contribution >= 4 is 11.2 Å². The van der Waals surface area contributed by atoms with Crippen molar-refractivity contribution in [1.29, 1.82) is 0 Å². The highest BCUT2D eigenvalue weighted by molar-refractivity contribution is 5.80. The number of ether oxygens (including phenoxy) is 1. The highest BCUT2D eigenvalue weighted by Crippen LogP contribution is 2.30. The van der Waals surface area contributed by atoms with Crippen LogP contribution < -0.4 is 11.2 Å². The fourth-order valence-electron chi connectivity index (χ4n) is 5.09. The number of benzene rings is 3. The van der Waals surface area contributed by atoms with E-state index in [1.807, 2.05) is 90.4 Å². The SMILES string of the molecule is CCc1nc2c(c(=O)n(CCOC)c(=O)n2-c2ccccc2)n1Cc1ccc(-c2ccccc2-c2nnn[nH]2)cc1. The van der Waals surface area contributed by atoms with Gasteiger partial charge in [0.15, 0.2) is 17.0 Å². The Morgan fingerprint density at radius 1 is 0.878 bits per heavy atom. The lowest BCUT2D eigenvalue weighted by Gasteiger charge is -2.13. The first-order chi connectivity index (χ1) is 20.1. The molecule has 0 radical (unpaired) electrons. The van der Waals surface area contributed by atoms with E-state index in [-0.39, 0.29) is 18.7 Å². The van der Waals surface area contributed by atoms with Crippen LogP contribution in [0, 0.1) is 0 Å². The van der Waals surface area contributed by atoms with Crippen molar-refractivity contribution in [3.63, 3.8) is 0 Å². The molecule has 0 amide bonds. The number of nitrogens with zero attached hydrogens (tertiary/aromatic N) is 7. The van der Waals surface area contributed by atoms with Crippen molar-refractivity contribution in [2.45, 2.75) is 26.4 Å². The lowest BCUT2D eigenvalue weighted by atomic mass is 9.98. The maximum Gasteiger partial charge on any atom is 0.337 e. The molecular weight excluding hydrogens is 520 g/mol. The molecule has 1 N–H and O–H groups in total. The summed E-state index contributed by atoms with van der Waals surface area (Å²) in [4.78, 5) is 32.2. The van der Waals surface area contributed by atoms with Crippen molar-refractivity contribution in [1.82, 2.24) is 39.3 Å². The summed E-state index contributed by atoms with van der Waals surface area (Å²) in [6.07, 6.45) is 0.589. The second-order valence-electron chi connectivity index (χ2n) is 9.54. The van der Waals surface area contributed by atoms with Gasteiger partial charge < -0.3 is 9.30 Å². The fourth-order valence-corrected chi connectivity index (χ4v) is 5.09. The number of hydrogen-bond donors (Lipinski definition) is 1. The summed E-state index contributed by atoms with van der Waals surface area (Å²) in [5.41, 5.74) is 4.44. The number of aryl methyl sites for hydroxylation is 1. The molecule has 41 heavy (non-hydrogen) atoms. The van der Waals surface area contributed by atoms with Gasteiger partial charge in [0.05, 0.1) is 18.8 Å². The minimum Gasteiger partial charge on any atom is -0.383 e. The zero-order valence-corrected chi connectivity index (χ0v) is 22.7. The van der Waals surface area contributed by atoms with Gasteiger partial charge in [-0.15, -0.1) is 5.10 Å². The first kappa shape index (κ1) is 26.1. The Morgan fingerprint density at radius 3 is 2.29 bits per heavy atom. The predicted octanol–water partition coefficient (Wildman–Crippen LogP) is 3.45. The lowest BCUT2D eigenvalue weighted by Crippen LogP contribution is -2.41. The Kier molecular flexibility index (Phi) is 7.09. The minimum absolute atomic E-state index is 0.137. The topological polar surface area (TPSA) is 126 Å². The maximum absolute atomic E-state index is 13.8. The zero-order chi connectivity index (χ0) is 28.3. The summed E-state index contributed by atoms with van der Waals surface area (Å²) in [5.74, 6) is 1.31. The number of aromatic amines is 1. The van der Waals surface area contributed by atoms with Crippen molar-refractivity contribution in [3.05, 3.63) is 111 Å². The van der Waals surface area contributed by atoms with Gasteiger partial charge in [-0.1, -0.05) is 73.7 Å². The number of H-pyrrole nitrogens is 1. The highest BCUT2D eigenvalue weighted by Gasteiger charge is 2.22. The number of para-hydroxylation sites is 1. The van der Waals surface area contributed by atoms with Gasteiger partial charge in [-0.05, 0) is 39.2 Å². The molecule has 0 aliphatic heterocycles. The molecule has 0 saturated carbocycles. The molecular formula is C30H28N8O3. The molecule has 0 unspecified atom stereocenters. The molecule has 3 heterocycles. The summed E-state index contributed by atoms with van der Waals surface area (Å²) in [7, 11) is 1.54. The summed E-state index contributed by atoms with van der Waals surface area (Å²) in [5, 5.41) is 14.3. The molecule has 0 aliphatic rings. The van der Waals surface area contributed by atoms with Crippen LogP contribution in [0.25, 0.3) is 39.4 Å². The molecule has 0 bridgehead atoms. The van der Waals surface area contributed by atoms with E-state index in [2.05, 4.69) is 20.6 Å². The van der Waals surface area contributed by atoms with Crippen molar-refractivity contribution < 1.29 is 4.74 Å². The van der Waals surface area contributed by atoms with Crippen LogP contribution >= 0.6 is 0 Å². The number of fused-ring (bicyclic) bond motifs is 1. The average Bonchev–Trinajstić information content (AvgIpc) is 3.67. The maximum atomic E-state index is 13.8. The molecule has 0 spiro atoms. The van der Waals surface area contributed by atoms with Crippen LogP contribution in [0.1, 0.15) is 18.3 Å². The fraction of sp³-hybridized carbons (Fsp3) is 0.200. The molecule has 0 saturated heterocycles. The van der Waals surface area contributed by atoms with Gasteiger partial charge in [0.1, 0.15) is 5.82 Å². The lowest BCUT2D eigenvalue weighted by molar-refractivity contribution is 0.184. The first-order valence-electron chi connectivity index (χ1n) is 13.3. The van der Waals surface area contributed by atoms with Crippen molar-refractivity contribution in [2.24, 2.45) is 0 Å². The second-order valence-corrected chi connectivity index (χ2v) is 9.54. The molecule has 3 aromatic heterocycles. The largest absolute Gasteiger partial charge is 0.383 e. The van der Waals surface area contributed by atoms with Crippen LogP contribution in [-0.2, 0) is 24.2 Å². The minimum atomic E-state index is -0.442. The molecule has 6 aromatic rings. The average molecular weight is 549 g/mol. The van der Waals surface area contributed by atoms with Gasteiger partial charge in [-0.3, -0.25) is 9.36 Å². The van der Waals surface area contributed by atoms with Gasteiger partial charge in [0.2, 0.25) is 0 Å². The number of imidazole rings is 1. The Labute approximate surface area is 234 Å². The van der Waals surface area contributed by atoms with Crippen LogP contribution in [0.15, 0.2) is 88.5 Å².